The highest BCUT2D eigenvalue weighted by molar-refractivity contribution is 5.80. The van der Waals surface area contributed by atoms with Crippen LogP contribution >= 0.6 is 0 Å². The van der Waals surface area contributed by atoms with Gasteiger partial charge in [-0.25, -0.2) is 0 Å². The first-order valence-corrected chi connectivity index (χ1v) is 5.77. The largest absolute Gasteiger partial charge is 0.323 e. The summed E-state index contributed by atoms with van der Waals surface area (Å²) >= 11 is 0. The van der Waals surface area contributed by atoms with E-state index in [1.54, 1.807) is 0 Å². The van der Waals surface area contributed by atoms with Gasteiger partial charge in [-0.05, 0) is 25.7 Å². The molecular formula is C11H20N2O. The fourth-order valence-corrected chi connectivity index (χ4v) is 2.38. The summed E-state index contributed by atoms with van der Waals surface area (Å²) in [5.74, 6) is 1.19. The number of nitrogens with one attached hydrogen (secondary N) is 1. The first kappa shape index (κ1) is 9.97. The highest BCUT2D eigenvalue weighted by atomic mass is 16.2. The number of hydrogen-bond acceptors (Lipinski definition) is 2. The lowest BCUT2D eigenvalue weighted by molar-refractivity contribution is -0.130. The molecule has 0 aromatic heterocycles. The van der Waals surface area contributed by atoms with Crippen molar-refractivity contribution < 1.29 is 4.79 Å². The maximum absolute atomic E-state index is 11.7. The first-order valence-electron chi connectivity index (χ1n) is 5.77. The maximum atomic E-state index is 11.7. The summed E-state index contributed by atoms with van der Waals surface area (Å²) in [6, 6.07) is 0.472. The smallest absolute Gasteiger partial charge is 0.238 e. The van der Waals surface area contributed by atoms with Crippen LogP contribution in [-0.2, 0) is 4.79 Å². The lowest BCUT2D eigenvalue weighted by Crippen LogP contribution is -2.43. The third-order valence-electron chi connectivity index (χ3n) is 3.42. The molecule has 1 heterocycles. The second-order valence-corrected chi connectivity index (χ2v) is 4.60. The van der Waals surface area contributed by atoms with E-state index in [-0.39, 0.29) is 12.1 Å². The molecule has 80 valence electrons. The standard InChI is InChI=1S/C11H20N2O/c1-3-10(6-9-4-5-9)13-8(2)12-7-11(13)14/h8-10,12H,3-7H2,1-2H3. The van der Waals surface area contributed by atoms with E-state index < -0.39 is 0 Å². The molecule has 14 heavy (non-hydrogen) atoms. The summed E-state index contributed by atoms with van der Waals surface area (Å²) in [6.07, 6.45) is 5.30. The lowest BCUT2D eigenvalue weighted by Gasteiger charge is -2.30. The molecule has 1 amide bonds. The molecule has 0 bridgehead atoms. The number of hydrogen-bond donors (Lipinski definition) is 1. The molecule has 0 aromatic rings. The maximum Gasteiger partial charge on any atom is 0.238 e. The Morgan fingerprint density at radius 1 is 1.57 bits per heavy atom. The zero-order valence-corrected chi connectivity index (χ0v) is 9.12. The highest BCUT2D eigenvalue weighted by Crippen LogP contribution is 2.36. The average molecular weight is 196 g/mol. The van der Waals surface area contributed by atoms with E-state index in [4.69, 9.17) is 0 Å². The first-order chi connectivity index (χ1) is 6.72. The van der Waals surface area contributed by atoms with E-state index in [0.717, 1.165) is 12.3 Å². The summed E-state index contributed by atoms with van der Waals surface area (Å²) in [5.41, 5.74) is 0. The van der Waals surface area contributed by atoms with Crippen LogP contribution in [0.4, 0.5) is 0 Å². The van der Waals surface area contributed by atoms with Gasteiger partial charge in [-0.2, -0.15) is 0 Å². The van der Waals surface area contributed by atoms with Gasteiger partial charge in [0.2, 0.25) is 5.91 Å². The summed E-state index contributed by atoms with van der Waals surface area (Å²) in [5, 5.41) is 3.20. The number of rotatable bonds is 4. The van der Waals surface area contributed by atoms with Crippen LogP contribution in [0.1, 0.15) is 39.5 Å². The van der Waals surface area contributed by atoms with Crippen LogP contribution < -0.4 is 5.32 Å². The molecule has 2 aliphatic rings. The summed E-state index contributed by atoms with van der Waals surface area (Å²) in [6.45, 7) is 4.80. The Morgan fingerprint density at radius 3 is 2.71 bits per heavy atom. The van der Waals surface area contributed by atoms with Crippen LogP contribution in [0.5, 0.6) is 0 Å². The molecular weight excluding hydrogens is 176 g/mol. The van der Waals surface area contributed by atoms with Crippen molar-refractivity contribution in [2.45, 2.75) is 51.7 Å². The molecule has 2 rings (SSSR count). The van der Waals surface area contributed by atoms with Crippen LogP contribution in [0.25, 0.3) is 0 Å². The van der Waals surface area contributed by atoms with E-state index >= 15 is 0 Å². The Kier molecular flexibility index (Phi) is 2.77. The van der Waals surface area contributed by atoms with Crippen molar-refractivity contribution in [1.82, 2.24) is 10.2 Å². The molecule has 1 saturated carbocycles. The molecule has 1 aliphatic carbocycles. The fourth-order valence-electron chi connectivity index (χ4n) is 2.38. The summed E-state index contributed by atoms with van der Waals surface area (Å²) < 4.78 is 0. The topological polar surface area (TPSA) is 32.3 Å². The van der Waals surface area contributed by atoms with Crippen molar-refractivity contribution in [2.24, 2.45) is 5.92 Å². The Hall–Kier alpha value is -0.570. The van der Waals surface area contributed by atoms with Gasteiger partial charge in [-0.1, -0.05) is 19.8 Å². The van der Waals surface area contributed by atoms with Gasteiger partial charge in [0, 0.05) is 6.04 Å². The zero-order valence-electron chi connectivity index (χ0n) is 9.12. The van der Waals surface area contributed by atoms with Gasteiger partial charge in [-0.15, -0.1) is 0 Å². The molecule has 2 unspecified atom stereocenters. The van der Waals surface area contributed by atoms with Crippen molar-refractivity contribution in [3.8, 4) is 0 Å². The van der Waals surface area contributed by atoms with E-state index in [1.165, 1.54) is 19.3 Å². The van der Waals surface area contributed by atoms with Gasteiger partial charge in [0.25, 0.3) is 0 Å². The molecule has 3 nitrogen and oxygen atoms in total. The van der Waals surface area contributed by atoms with Gasteiger partial charge in [0.15, 0.2) is 0 Å². The minimum atomic E-state index is 0.242. The minimum Gasteiger partial charge on any atom is -0.323 e. The van der Waals surface area contributed by atoms with Crippen molar-refractivity contribution in [3.05, 3.63) is 0 Å². The van der Waals surface area contributed by atoms with Crippen molar-refractivity contribution in [3.63, 3.8) is 0 Å². The van der Waals surface area contributed by atoms with Crippen molar-refractivity contribution in [1.29, 1.82) is 0 Å². The Labute approximate surface area is 85.8 Å². The van der Waals surface area contributed by atoms with Gasteiger partial charge >= 0.3 is 0 Å². The second kappa shape index (κ2) is 3.89. The van der Waals surface area contributed by atoms with Crippen LogP contribution in [0.15, 0.2) is 0 Å². The molecule has 1 N–H and O–H groups in total. The van der Waals surface area contributed by atoms with Crippen LogP contribution in [0.3, 0.4) is 0 Å². The Morgan fingerprint density at radius 2 is 2.29 bits per heavy atom. The Bertz CT molecular complexity index is 225. The lowest BCUT2D eigenvalue weighted by atomic mass is 10.1. The quantitative estimate of drug-likeness (QED) is 0.736. The number of carbonyl (C=O) groups excluding carboxylic acids is 1. The molecule has 0 spiro atoms. The number of nitrogens with zero attached hydrogens (tertiary/aromatic N) is 1. The van der Waals surface area contributed by atoms with Crippen LogP contribution in [0.2, 0.25) is 0 Å². The monoisotopic (exact) mass is 196 g/mol. The average Bonchev–Trinajstić information content (AvgIpc) is 2.92. The Balaban J connectivity index is 1.97. The third kappa shape index (κ3) is 1.92. The van der Waals surface area contributed by atoms with Gasteiger partial charge in [0.05, 0.1) is 12.7 Å². The van der Waals surface area contributed by atoms with Gasteiger partial charge in [-0.3, -0.25) is 10.1 Å². The number of carbonyl (C=O) groups is 1. The van der Waals surface area contributed by atoms with E-state index in [2.05, 4.69) is 24.1 Å². The summed E-state index contributed by atoms with van der Waals surface area (Å²) in [4.78, 5) is 13.7. The molecule has 2 fully saturated rings. The predicted octanol–water partition coefficient (Wildman–Crippen LogP) is 1.34. The van der Waals surface area contributed by atoms with Gasteiger partial charge < -0.3 is 4.90 Å². The summed E-state index contributed by atoms with van der Waals surface area (Å²) in [7, 11) is 0. The third-order valence-corrected chi connectivity index (χ3v) is 3.42. The molecule has 3 heteroatoms. The van der Waals surface area contributed by atoms with E-state index in [9.17, 15) is 4.79 Å². The molecule has 1 aliphatic heterocycles. The molecule has 2 atom stereocenters. The SMILES string of the molecule is CCC(CC1CC1)N1C(=O)CNC1C. The molecule has 0 radical (unpaired) electrons. The van der Waals surface area contributed by atoms with Crippen LogP contribution in [-0.4, -0.2) is 29.6 Å². The van der Waals surface area contributed by atoms with Crippen LogP contribution in [0, 0.1) is 5.92 Å². The second-order valence-electron chi connectivity index (χ2n) is 4.60. The number of amides is 1. The van der Waals surface area contributed by atoms with Crippen molar-refractivity contribution in [2.75, 3.05) is 6.54 Å². The molecule has 1 saturated heterocycles. The zero-order chi connectivity index (χ0) is 10.1. The fraction of sp³-hybridized carbons (Fsp3) is 0.909. The predicted molar refractivity (Wildman–Crippen MR) is 55.7 cm³/mol. The van der Waals surface area contributed by atoms with Crippen molar-refractivity contribution >= 4 is 5.91 Å². The van der Waals surface area contributed by atoms with Gasteiger partial charge in [0.1, 0.15) is 0 Å². The highest BCUT2D eigenvalue weighted by Gasteiger charge is 2.35. The van der Waals surface area contributed by atoms with E-state index in [1.807, 2.05) is 0 Å². The normalized spacial score (nSPS) is 29.7. The minimum absolute atomic E-state index is 0.242. The molecule has 0 aromatic carbocycles. The van der Waals surface area contributed by atoms with E-state index in [0.29, 0.717) is 12.6 Å².